The lowest BCUT2D eigenvalue weighted by molar-refractivity contribution is -0.140. The van der Waals surface area contributed by atoms with Crippen LogP contribution in [0.4, 0.5) is 18.9 Å². The van der Waals surface area contributed by atoms with Crippen LogP contribution in [-0.2, 0) is 9.59 Å². The fourth-order valence-electron chi connectivity index (χ4n) is 1.72. The van der Waals surface area contributed by atoms with Gasteiger partial charge in [-0.1, -0.05) is 0 Å². The molecule has 138 valence electrons. The van der Waals surface area contributed by atoms with Crippen molar-refractivity contribution >= 4 is 23.5 Å². The molecule has 3 N–H and O–H groups in total. The number of hydrogen-bond donors (Lipinski definition) is 3. The van der Waals surface area contributed by atoms with Crippen LogP contribution in [0.3, 0.4) is 0 Å². The number of rotatable bonds is 7. The zero-order valence-corrected chi connectivity index (χ0v) is 13.4. The van der Waals surface area contributed by atoms with Crippen molar-refractivity contribution in [2.45, 2.75) is 32.5 Å². The number of carbonyl (C=O) groups excluding carboxylic acids is 2. The van der Waals surface area contributed by atoms with Gasteiger partial charge in [-0.15, -0.1) is 0 Å². The van der Waals surface area contributed by atoms with Crippen molar-refractivity contribution in [1.82, 2.24) is 5.32 Å². The summed E-state index contributed by atoms with van der Waals surface area (Å²) in [5.74, 6) is -3.09. The molecule has 0 unspecified atom stereocenters. The molecule has 0 saturated carbocycles. The fourth-order valence-corrected chi connectivity index (χ4v) is 1.72. The molecule has 0 spiro atoms. The SMILES string of the molecule is CC(C)Oc1ccc(C(=O)O)cc1NC(=O)CC(=O)NCC(F)(F)F. The Morgan fingerprint density at radius 2 is 1.84 bits per heavy atom. The first-order chi connectivity index (χ1) is 11.5. The molecule has 1 aromatic rings. The largest absolute Gasteiger partial charge is 0.489 e. The summed E-state index contributed by atoms with van der Waals surface area (Å²) >= 11 is 0. The monoisotopic (exact) mass is 362 g/mol. The zero-order valence-electron chi connectivity index (χ0n) is 13.4. The normalized spacial score (nSPS) is 11.1. The Labute approximate surface area is 141 Å². The molecule has 0 bridgehead atoms. The highest BCUT2D eigenvalue weighted by molar-refractivity contribution is 6.04. The number of alkyl halides is 3. The Kier molecular flexibility index (Phi) is 6.77. The number of benzene rings is 1. The summed E-state index contributed by atoms with van der Waals surface area (Å²) in [6, 6.07) is 3.74. The molecule has 0 aromatic heterocycles. The van der Waals surface area contributed by atoms with Crippen LogP contribution in [-0.4, -0.2) is 41.7 Å². The standard InChI is InChI=1S/C15H17F3N2O5/c1-8(2)25-11-4-3-9(14(23)24)5-10(11)20-13(22)6-12(21)19-7-15(16,17)18/h3-5,8H,6-7H2,1-2H3,(H,19,21)(H,20,22)(H,23,24). The maximum atomic E-state index is 12.0. The number of anilines is 1. The predicted molar refractivity (Wildman–Crippen MR) is 81.5 cm³/mol. The Hall–Kier alpha value is -2.78. The molecular formula is C15H17F3N2O5. The number of carboxylic acids is 1. The van der Waals surface area contributed by atoms with Gasteiger partial charge >= 0.3 is 12.1 Å². The Balaban J connectivity index is 2.81. The van der Waals surface area contributed by atoms with Crippen LogP contribution in [0.5, 0.6) is 5.75 Å². The van der Waals surface area contributed by atoms with Gasteiger partial charge in [0, 0.05) is 0 Å². The number of halogens is 3. The quantitative estimate of drug-likeness (QED) is 0.645. The first-order valence-corrected chi connectivity index (χ1v) is 7.15. The molecule has 0 saturated heterocycles. The first kappa shape index (κ1) is 20.3. The molecule has 0 heterocycles. The maximum Gasteiger partial charge on any atom is 0.405 e. The van der Waals surface area contributed by atoms with E-state index in [9.17, 15) is 27.6 Å². The highest BCUT2D eigenvalue weighted by atomic mass is 19.4. The Bertz CT molecular complexity index is 659. The van der Waals surface area contributed by atoms with Crippen LogP contribution in [0, 0.1) is 0 Å². The van der Waals surface area contributed by atoms with E-state index in [1.165, 1.54) is 12.1 Å². The van der Waals surface area contributed by atoms with E-state index in [1.807, 2.05) is 0 Å². The van der Waals surface area contributed by atoms with Crippen LogP contribution in [0.25, 0.3) is 0 Å². The van der Waals surface area contributed by atoms with Crippen LogP contribution in [0.15, 0.2) is 18.2 Å². The minimum atomic E-state index is -4.58. The predicted octanol–water partition coefficient (Wildman–Crippen LogP) is 2.18. The van der Waals surface area contributed by atoms with E-state index in [0.29, 0.717) is 0 Å². The number of hydrogen-bond acceptors (Lipinski definition) is 4. The molecule has 25 heavy (non-hydrogen) atoms. The second-order valence-electron chi connectivity index (χ2n) is 5.30. The summed E-state index contributed by atoms with van der Waals surface area (Å²) in [4.78, 5) is 34.1. The molecule has 7 nitrogen and oxygen atoms in total. The number of aromatic carboxylic acids is 1. The smallest absolute Gasteiger partial charge is 0.405 e. The number of ether oxygens (including phenoxy) is 1. The molecule has 0 atom stereocenters. The Morgan fingerprint density at radius 3 is 2.36 bits per heavy atom. The van der Waals surface area contributed by atoms with Crippen LogP contribution in [0.2, 0.25) is 0 Å². The molecule has 0 fully saturated rings. The molecule has 10 heteroatoms. The molecule has 0 radical (unpaired) electrons. The second-order valence-corrected chi connectivity index (χ2v) is 5.30. The van der Waals surface area contributed by atoms with Gasteiger partial charge < -0.3 is 20.5 Å². The third-order valence-electron chi connectivity index (χ3n) is 2.67. The number of carbonyl (C=O) groups is 3. The lowest BCUT2D eigenvalue weighted by Gasteiger charge is -2.15. The topological polar surface area (TPSA) is 105 Å². The molecular weight excluding hydrogens is 345 g/mol. The van der Waals surface area contributed by atoms with Crippen molar-refractivity contribution in [2.75, 3.05) is 11.9 Å². The van der Waals surface area contributed by atoms with Crippen LogP contribution < -0.4 is 15.4 Å². The molecule has 1 aromatic carbocycles. The first-order valence-electron chi connectivity index (χ1n) is 7.15. The van der Waals surface area contributed by atoms with Gasteiger partial charge in [-0.05, 0) is 32.0 Å². The van der Waals surface area contributed by atoms with Crippen molar-refractivity contribution in [1.29, 1.82) is 0 Å². The molecule has 0 aliphatic carbocycles. The zero-order chi connectivity index (χ0) is 19.2. The van der Waals surface area contributed by atoms with E-state index in [2.05, 4.69) is 5.32 Å². The molecule has 1 rings (SSSR count). The highest BCUT2D eigenvalue weighted by Crippen LogP contribution is 2.27. The van der Waals surface area contributed by atoms with Gasteiger partial charge in [-0.2, -0.15) is 13.2 Å². The van der Waals surface area contributed by atoms with Crippen LogP contribution >= 0.6 is 0 Å². The summed E-state index contributed by atoms with van der Waals surface area (Å²) in [5, 5.41) is 12.8. The van der Waals surface area contributed by atoms with Gasteiger partial charge in [0.15, 0.2) is 0 Å². The third kappa shape index (κ3) is 7.55. The van der Waals surface area contributed by atoms with Gasteiger partial charge in [0.2, 0.25) is 11.8 Å². The minimum absolute atomic E-state index is 0.00206. The number of amides is 2. The Morgan fingerprint density at radius 1 is 1.20 bits per heavy atom. The summed E-state index contributed by atoms with van der Waals surface area (Å²) in [7, 11) is 0. The van der Waals surface area contributed by atoms with Crippen molar-refractivity contribution in [2.24, 2.45) is 0 Å². The number of carboxylic acid groups (broad SMARTS) is 1. The minimum Gasteiger partial charge on any atom is -0.489 e. The summed E-state index contributed by atoms with van der Waals surface area (Å²) in [6.45, 7) is 1.87. The third-order valence-corrected chi connectivity index (χ3v) is 2.67. The highest BCUT2D eigenvalue weighted by Gasteiger charge is 2.28. The van der Waals surface area contributed by atoms with Crippen molar-refractivity contribution in [3.63, 3.8) is 0 Å². The van der Waals surface area contributed by atoms with E-state index in [4.69, 9.17) is 9.84 Å². The van der Waals surface area contributed by atoms with Crippen molar-refractivity contribution in [3.8, 4) is 5.75 Å². The summed E-state index contributed by atoms with van der Waals surface area (Å²) < 4.78 is 41.4. The molecule has 0 aliphatic rings. The van der Waals surface area contributed by atoms with E-state index in [0.717, 1.165) is 6.07 Å². The van der Waals surface area contributed by atoms with E-state index in [-0.39, 0.29) is 23.1 Å². The molecule has 2 amide bonds. The number of nitrogens with one attached hydrogen (secondary N) is 2. The van der Waals surface area contributed by atoms with Gasteiger partial charge in [-0.25, -0.2) is 4.79 Å². The van der Waals surface area contributed by atoms with E-state index in [1.54, 1.807) is 19.2 Å². The molecule has 0 aliphatic heterocycles. The lowest BCUT2D eigenvalue weighted by atomic mass is 10.1. The van der Waals surface area contributed by atoms with Gasteiger partial charge in [0.05, 0.1) is 17.4 Å². The van der Waals surface area contributed by atoms with E-state index >= 15 is 0 Å². The van der Waals surface area contributed by atoms with Gasteiger partial charge in [0.1, 0.15) is 18.7 Å². The average molecular weight is 362 g/mol. The van der Waals surface area contributed by atoms with Crippen molar-refractivity contribution in [3.05, 3.63) is 23.8 Å². The second kappa shape index (κ2) is 8.36. The van der Waals surface area contributed by atoms with Gasteiger partial charge in [0.25, 0.3) is 0 Å². The maximum absolute atomic E-state index is 12.0. The average Bonchev–Trinajstić information content (AvgIpc) is 2.45. The summed E-state index contributed by atoms with van der Waals surface area (Å²) in [6.07, 6.45) is -5.71. The van der Waals surface area contributed by atoms with Crippen LogP contribution in [0.1, 0.15) is 30.6 Å². The summed E-state index contributed by atoms with van der Waals surface area (Å²) in [5.41, 5.74) is -0.129. The van der Waals surface area contributed by atoms with Crippen molar-refractivity contribution < 1.29 is 37.4 Å². The lowest BCUT2D eigenvalue weighted by Crippen LogP contribution is -2.35. The van der Waals surface area contributed by atoms with E-state index < -0.39 is 36.9 Å². The van der Waals surface area contributed by atoms with Gasteiger partial charge in [-0.3, -0.25) is 9.59 Å². The fraction of sp³-hybridized carbons (Fsp3) is 0.400.